The Morgan fingerprint density at radius 3 is 2.25 bits per heavy atom. The van der Waals surface area contributed by atoms with Crippen molar-refractivity contribution in [3.05, 3.63) is 65.2 Å². The second-order valence-corrected chi connectivity index (χ2v) is 8.95. The van der Waals surface area contributed by atoms with Gasteiger partial charge in [0.25, 0.3) is 0 Å². The summed E-state index contributed by atoms with van der Waals surface area (Å²) in [6.45, 7) is 10.6. The second kappa shape index (κ2) is 14.8. The Morgan fingerprint density at radius 1 is 0.972 bits per heavy atom. The third-order valence-corrected chi connectivity index (χ3v) is 5.94. The first kappa shape index (κ1) is 28.8. The Hall–Kier alpha value is -3.45. The molecule has 36 heavy (non-hydrogen) atoms. The molecule has 2 aromatic carbocycles. The Kier molecular flexibility index (Phi) is 11.9. The summed E-state index contributed by atoms with van der Waals surface area (Å²) in [6, 6.07) is 12.3. The van der Waals surface area contributed by atoms with Crippen LogP contribution in [0.1, 0.15) is 60.5 Å². The van der Waals surface area contributed by atoms with Crippen molar-refractivity contribution in [2.75, 3.05) is 26.2 Å². The van der Waals surface area contributed by atoms with E-state index in [0.29, 0.717) is 18.6 Å². The number of likely N-dealkylation sites (tertiary alicyclic amines) is 1. The number of benzene rings is 2. The molecule has 194 valence electrons. The number of carboxylic acids is 2. The van der Waals surface area contributed by atoms with E-state index in [4.69, 9.17) is 14.9 Å². The maximum Gasteiger partial charge on any atom is 0.328 e. The van der Waals surface area contributed by atoms with Gasteiger partial charge >= 0.3 is 11.9 Å². The molecule has 1 aliphatic rings. The number of nitrogens with zero attached hydrogens (tertiary/aromatic N) is 1. The molecule has 7 heteroatoms. The predicted molar refractivity (Wildman–Crippen MR) is 141 cm³/mol. The van der Waals surface area contributed by atoms with Gasteiger partial charge in [0.15, 0.2) is 5.78 Å². The largest absolute Gasteiger partial charge is 0.493 e. The van der Waals surface area contributed by atoms with Gasteiger partial charge in [0, 0.05) is 30.7 Å². The fourth-order valence-electron chi connectivity index (χ4n) is 4.11. The quantitative estimate of drug-likeness (QED) is 0.240. The van der Waals surface area contributed by atoms with E-state index in [1.54, 1.807) is 0 Å². The molecule has 0 aromatic heterocycles. The van der Waals surface area contributed by atoms with Crippen molar-refractivity contribution in [1.82, 2.24) is 4.90 Å². The van der Waals surface area contributed by atoms with Crippen LogP contribution in [0.15, 0.2) is 48.6 Å². The van der Waals surface area contributed by atoms with Crippen LogP contribution < -0.4 is 4.74 Å². The molecule has 1 aliphatic heterocycles. The van der Waals surface area contributed by atoms with Gasteiger partial charge in [0.05, 0.1) is 6.61 Å². The average Bonchev–Trinajstić information content (AvgIpc) is 3.36. The molecule has 0 atom stereocenters. The number of hydrogen-bond donors (Lipinski definition) is 2. The number of ether oxygens (including phenoxy) is 1. The van der Waals surface area contributed by atoms with Gasteiger partial charge in [-0.15, -0.1) is 0 Å². The number of hydrogen-bond acceptors (Lipinski definition) is 5. The number of aliphatic carboxylic acids is 2. The fraction of sp³-hybridized carbons (Fsp3) is 0.414. The minimum atomic E-state index is -1.26. The van der Waals surface area contributed by atoms with Crippen molar-refractivity contribution >= 4 is 17.7 Å². The van der Waals surface area contributed by atoms with E-state index in [1.165, 1.54) is 37.1 Å². The third kappa shape index (κ3) is 9.66. The molecule has 0 radical (unpaired) electrons. The zero-order chi connectivity index (χ0) is 26.5. The highest BCUT2D eigenvalue weighted by molar-refractivity contribution is 5.97. The van der Waals surface area contributed by atoms with E-state index < -0.39 is 11.9 Å². The first-order chi connectivity index (χ1) is 17.2. The van der Waals surface area contributed by atoms with Crippen molar-refractivity contribution in [3.63, 3.8) is 0 Å². The second-order valence-electron chi connectivity index (χ2n) is 8.95. The van der Waals surface area contributed by atoms with Gasteiger partial charge in [0.1, 0.15) is 5.75 Å². The summed E-state index contributed by atoms with van der Waals surface area (Å²) >= 11 is 0. The molecule has 0 bridgehead atoms. The lowest BCUT2D eigenvalue weighted by molar-refractivity contribution is -0.134. The topological polar surface area (TPSA) is 104 Å². The number of rotatable bonds is 11. The predicted octanol–water partition coefficient (Wildman–Crippen LogP) is 5.53. The highest BCUT2D eigenvalue weighted by Gasteiger charge is 2.12. The monoisotopic (exact) mass is 495 g/mol. The van der Waals surface area contributed by atoms with Crippen LogP contribution in [0, 0.1) is 13.8 Å². The van der Waals surface area contributed by atoms with Crippen molar-refractivity contribution in [3.8, 4) is 16.9 Å². The SMILES string of the molecule is CCCC(=O)c1cccc(-c2cc(C)c(OCCCN3CCCC3)cc2C)c1.O=C(O)/C=C/C(=O)O. The Morgan fingerprint density at radius 2 is 1.64 bits per heavy atom. The standard InChI is InChI=1S/C25H33NO2.C4H4O4/c1-4-9-24(27)22-11-7-10-21(18-22)23-16-20(3)25(17-19(23)2)28-15-8-14-26-12-5-6-13-26;5-3(6)1-2-4(7)8/h7,10-11,16-18H,4-6,8-9,12-15H2,1-3H3;1-2H,(H,5,6)(H,7,8)/b;2-1+. The Balaban J connectivity index is 0.000000493. The number of carboxylic acid groups (broad SMARTS) is 2. The summed E-state index contributed by atoms with van der Waals surface area (Å²) < 4.78 is 6.08. The number of aryl methyl sites for hydroxylation is 2. The number of Topliss-reactive ketones (excluding diaryl/α,β-unsaturated/α-hetero) is 1. The summed E-state index contributed by atoms with van der Waals surface area (Å²) in [6.07, 6.45) is 6.35. The van der Waals surface area contributed by atoms with Gasteiger partial charge in [-0.25, -0.2) is 9.59 Å². The smallest absolute Gasteiger partial charge is 0.328 e. The lowest BCUT2D eigenvalue weighted by atomic mass is 9.95. The summed E-state index contributed by atoms with van der Waals surface area (Å²) in [4.78, 5) is 33.9. The van der Waals surface area contributed by atoms with Crippen molar-refractivity contribution in [2.45, 2.75) is 52.9 Å². The molecule has 2 N–H and O–H groups in total. The van der Waals surface area contributed by atoms with Crippen LogP contribution in [0.5, 0.6) is 5.75 Å². The van der Waals surface area contributed by atoms with E-state index in [-0.39, 0.29) is 5.78 Å². The molecule has 0 aliphatic carbocycles. The van der Waals surface area contributed by atoms with Crippen LogP contribution in [0.2, 0.25) is 0 Å². The van der Waals surface area contributed by atoms with Crippen LogP contribution in [0.3, 0.4) is 0 Å². The first-order valence-electron chi connectivity index (χ1n) is 12.4. The average molecular weight is 496 g/mol. The number of carbonyl (C=O) groups is 3. The molecule has 7 nitrogen and oxygen atoms in total. The van der Waals surface area contributed by atoms with Crippen molar-refractivity contribution in [1.29, 1.82) is 0 Å². The summed E-state index contributed by atoms with van der Waals surface area (Å²) in [5, 5.41) is 15.6. The molecule has 1 heterocycles. The van der Waals surface area contributed by atoms with Crippen LogP contribution in [0.4, 0.5) is 0 Å². The van der Waals surface area contributed by atoms with Crippen LogP contribution in [0.25, 0.3) is 11.1 Å². The van der Waals surface area contributed by atoms with Gasteiger partial charge in [-0.2, -0.15) is 0 Å². The highest BCUT2D eigenvalue weighted by Crippen LogP contribution is 2.31. The first-order valence-corrected chi connectivity index (χ1v) is 12.4. The van der Waals surface area contributed by atoms with Crippen LogP contribution >= 0.6 is 0 Å². The van der Waals surface area contributed by atoms with Gasteiger partial charge in [-0.05, 0) is 93.1 Å². The number of carbonyl (C=O) groups excluding carboxylic acids is 1. The summed E-state index contributed by atoms with van der Waals surface area (Å²) in [7, 11) is 0. The van der Waals surface area contributed by atoms with E-state index >= 15 is 0 Å². The molecular weight excluding hydrogens is 458 g/mol. The molecule has 0 spiro atoms. The van der Waals surface area contributed by atoms with Crippen LogP contribution in [-0.4, -0.2) is 59.1 Å². The van der Waals surface area contributed by atoms with Gasteiger partial charge in [-0.1, -0.05) is 25.1 Å². The van der Waals surface area contributed by atoms with E-state index in [9.17, 15) is 14.4 Å². The lowest BCUT2D eigenvalue weighted by Crippen LogP contribution is -2.22. The van der Waals surface area contributed by atoms with Gasteiger partial charge < -0.3 is 19.8 Å². The molecular formula is C29H37NO6. The third-order valence-electron chi connectivity index (χ3n) is 5.94. The lowest BCUT2D eigenvalue weighted by Gasteiger charge is -2.16. The molecule has 1 saturated heterocycles. The van der Waals surface area contributed by atoms with E-state index in [1.807, 2.05) is 25.1 Å². The maximum absolute atomic E-state index is 12.3. The Bertz CT molecular complexity index is 1050. The zero-order valence-corrected chi connectivity index (χ0v) is 21.5. The van der Waals surface area contributed by atoms with E-state index in [2.05, 4.69) is 36.9 Å². The zero-order valence-electron chi connectivity index (χ0n) is 21.5. The summed E-state index contributed by atoms with van der Waals surface area (Å²) in [5.41, 5.74) is 5.40. The molecule has 0 unspecified atom stereocenters. The van der Waals surface area contributed by atoms with Gasteiger partial charge in [0.2, 0.25) is 0 Å². The van der Waals surface area contributed by atoms with Gasteiger partial charge in [-0.3, -0.25) is 4.79 Å². The molecule has 2 aromatic rings. The van der Waals surface area contributed by atoms with Crippen molar-refractivity contribution in [2.24, 2.45) is 0 Å². The molecule has 1 fully saturated rings. The highest BCUT2D eigenvalue weighted by atomic mass is 16.5. The minimum Gasteiger partial charge on any atom is -0.493 e. The molecule has 0 saturated carbocycles. The van der Waals surface area contributed by atoms with Crippen molar-refractivity contribution < 1.29 is 29.3 Å². The minimum absolute atomic E-state index is 0.219. The molecule has 0 amide bonds. The Labute approximate surface area is 213 Å². The maximum atomic E-state index is 12.3. The summed E-state index contributed by atoms with van der Waals surface area (Å²) in [5.74, 6) is -1.32. The molecule has 3 rings (SSSR count). The fourth-order valence-corrected chi connectivity index (χ4v) is 4.11. The van der Waals surface area contributed by atoms with E-state index in [0.717, 1.165) is 48.4 Å². The normalized spacial score (nSPS) is 13.3. The van der Waals surface area contributed by atoms with Crippen LogP contribution in [-0.2, 0) is 9.59 Å². The number of ketones is 1.